The zero-order chi connectivity index (χ0) is 12.8. The van der Waals surface area contributed by atoms with Gasteiger partial charge in [-0.15, -0.1) is 0 Å². The Hall–Kier alpha value is -1.32. The average Bonchev–Trinajstić information content (AvgIpc) is 2.29. The molecule has 0 amide bonds. The highest BCUT2D eigenvalue weighted by atomic mass is 16.5. The smallest absolute Gasteiger partial charge is 0.313 e. The number of ether oxygens (including phenoxy) is 2. The molecule has 1 aliphatic rings. The molecule has 0 bridgehead atoms. The van der Waals surface area contributed by atoms with E-state index in [2.05, 4.69) is 0 Å². The normalized spacial score (nSPS) is 27.6. The van der Waals surface area contributed by atoms with Crippen molar-refractivity contribution < 1.29 is 19.1 Å². The van der Waals surface area contributed by atoms with Gasteiger partial charge < -0.3 is 9.47 Å². The first kappa shape index (κ1) is 13.7. The molecule has 0 heterocycles. The van der Waals surface area contributed by atoms with Crippen LogP contribution in [0.15, 0.2) is 12.2 Å². The van der Waals surface area contributed by atoms with Crippen LogP contribution < -0.4 is 0 Å². The molecule has 0 N–H and O–H groups in total. The van der Waals surface area contributed by atoms with Crippen LogP contribution in [0.2, 0.25) is 0 Å². The number of rotatable bonds is 4. The Morgan fingerprint density at radius 1 is 1.12 bits per heavy atom. The van der Waals surface area contributed by atoms with Crippen molar-refractivity contribution in [1.29, 1.82) is 0 Å². The minimum atomic E-state index is -0.495. The summed E-state index contributed by atoms with van der Waals surface area (Å²) < 4.78 is 9.98. The van der Waals surface area contributed by atoms with E-state index in [1.807, 2.05) is 13.0 Å². The number of carbonyl (C=O) groups excluding carboxylic acids is 2. The van der Waals surface area contributed by atoms with E-state index in [1.54, 1.807) is 19.9 Å². The molecule has 0 saturated heterocycles. The lowest BCUT2D eigenvalue weighted by Crippen LogP contribution is -2.34. The van der Waals surface area contributed by atoms with Crippen molar-refractivity contribution in [3.05, 3.63) is 12.2 Å². The molecule has 0 aromatic rings. The molecular formula is C13H20O4. The number of allylic oxidation sites excluding steroid dienone is 1. The fourth-order valence-electron chi connectivity index (χ4n) is 2.04. The van der Waals surface area contributed by atoms with E-state index in [0.717, 1.165) is 0 Å². The van der Waals surface area contributed by atoms with Gasteiger partial charge in [0.1, 0.15) is 0 Å². The van der Waals surface area contributed by atoms with Gasteiger partial charge in [0, 0.05) is 0 Å². The Morgan fingerprint density at radius 2 is 1.71 bits per heavy atom. The van der Waals surface area contributed by atoms with E-state index >= 15 is 0 Å². The van der Waals surface area contributed by atoms with Crippen LogP contribution in [-0.4, -0.2) is 25.2 Å². The first-order valence-corrected chi connectivity index (χ1v) is 6.11. The molecule has 3 atom stereocenters. The van der Waals surface area contributed by atoms with Crippen molar-refractivity contribution in [2.75, 3.05) is 13.2 Å². The van der Waals surface area contributed by atoms with Crippen molar-refractivity contribution in [2.45, 2.75) is 27.2 Å². The van der Waals surface area contributed by atoms with Crippen LogP contribution in [0.1, 0.15) is 27.2 Å². The maximum Gasteiger partial charge on any atom is 0.313 e. The molecule has 0 aromatic heterocycles. The van der Waals surface area contributed by atoms with E-state index in [-0.39, 0.29) is 17.9 Å². The summed E-state index contributed by atoms with van der Waals surface area (Å²) in [5.74, 6) is -1.26. The molecule has 4 nitrogen and oxygen atoms in total. The van der Waals surface area contributed by atoms with Crippen molar-refractivity contribution in [3.63, 3.8) is 0 Å². The van der Waals surface area contributed by atoms with Crippen LogP contribution in [0.4, 0.5) is 0 Å². The minimum absolute atomic E-state index is 0.287. The summed E-state index contributed by atoms with van der Waals surface area (Å²) in [5.41, 5.74) is 0. The van der Waals surface area contributed by atoms with Crippen molar-refractivity contribution >= 4 is 11.9 Å². The largest absolute Gasteiger partial charge is 0.466 e. The highest BCUT2D eigenvalue weighted by molar-refractivity contribution is 5.84. The third-order valence-electron chi connectivity index (χ3n) is 2.85. The summed E-state index contributed by atoms with van der Waals surface area (Å²) in [5, 5.41) is 0. The molecule has 17 heavy (non-hydrogen) atoms. The van der Waals surface area contributed by atoms with Gasteiger partial charge in [0.2, 0.25) is 0 Å². The zero-order valence-electron chi connectivity index (χ0n) is 10.6. The van der Waals surface area contributed by atoms with Crippen LogP contribution in [0.3, 0.4) is 0 Å². The molecule has 3 unspecified atom stereocenters. The summed E-state index contributed by atoms with van der Waals surface area (Å²) >= 11 is 0. The summed E-state index contributed by atoms with van der Waals surface area (Å²) in [6, 6.07) is 0. The van der Waals surface area contributed by atoms with Crippen molar-refractivity contribution in [3.8, 4) is 0 Å². The van der Waals surface area contributed by atoms with Gasteiger partial charge in [-0.2, -0.15) is 0 Å². The van der Waals surface area contributed by atoms with Gasteiger partial charge in [-0.25, -0.2) is 0 Å². The van der Waals surface area contributed by atoms with Gasteiger partial charge in [0.25, 0.3) is 0 Å². The lowest BCUT2D eigenvalue weighted by molar-refractivity contribution is -0.159. The number of hydrogen-bond donors (Lipinski definition) is 0. The molecule has 0 saturated carbocycles. The van der Waals surface area contributed by atoms with Gasteiger partial charge in [-0.3, -0.25) is 9.59 Å². The van der Waals surface area contributed by atoms with Crippen molar-refractivity contribution in [2.24, 2.45) is 17.8 Å². The second kappa shape index (κ2) is 6.42. The van der Waals surface area contributed by atoms with Gasteiger partial charge in [0.15, 0.2) is 0 Å². The molecule has 0 aliphatic heterocycles. The Balaban J connectivity index is 2.79. The van der Waals surface area contributed by atoms with Gasteiger partial charge in [-0.1, -0.05) is 19.1 Å². The molecular weight excluding hydrogens is 220 g/mol. The maximum absolute atomic E-state index is 11.8. The predicted octanol–water partition coefficient (Wildman–Crippen LogP) is 1.94. The van der Waals surface area contributed by atoms with Crippen LogP contribution in [0.5, 0.6) is 0 Å². The lowest BCUT2D eigenvalue weighted by Gasteiger charge is -2.27. The number of hydrogen-bond acceptors (Lipinski definition) is 4. The van der Waals surface area contributed by atoms with Gasteiger partial charge in [0.05, 0.1) is 25.0 Å². The second-order valence-corrected chi connectivity index (χ2v) is 4.23. The SMILES string of the molecule is CCOC(=O)C1C=CC(C)CC1C(=O)OCC. The Bertz CT molecular complexity index is 309. The quantitative estimate of drug-likeness (QED) is 0.556. The van der Waals surface area contributed by atoms with E-state index in [4.69, 9.17) is 9.47 Å². The third-order valence-corrected chi connectivity index (χ3v) is 2.85. The Labute approximate surface area is 102 Å². The first-order chi connectivity index (χ1) is 8.10. The summed E-state index contributed by atoms with van der Waals surface area (Å²) in [4.78, 5) is 23.5. The monoisotopic (exact) mass is 240 g/mol. The van der Waals surface area contributed by atoms with Crippen LogP contribution in [-0.2, 0) is 19.1 Å². The molecule has 0 fully saturated rings. The Morgan fingerprint density at radius 3 is 2.29 bits per heavy atom. The van der Waals surface area contributed by atoms with E-state index in [9.17, 15) is 9.59 Å². The highest BCUT2D eigenvalue weighted by Gasteiger charge is 2.37. The number of esters is 2. The van der Waals surface area contributed by atoms with Crippen LogP contribution in [0, 0.1) is 17.8 Å². The fourth-order valence-corrected chi connectivity index (χ4v) is 2.04. The van der Waals surface area contributed by atoms with Gasteiger partial charge >= 0.3 is 11.9 Å². The average molecular weight is 240 g/mol. The molecule has 1 rings (SSSR count). The van der Waals surface area contributed by atoms with Gasteiger partial charge in [-0.05, 0) is 26.2 Å². The number of carbonyl (C=O) groups is 2. The summed E-state index contributed by atoms with van der Waals surface area (Å²) in [6.07, 6.45) is 4.36. The fraction of sp³-hybridized carbons (Fsp3) is 0.692. The van der Waals surface area contributed by atoms with Crippen molar-refractivity contribution in [1.82, 2.24) is 0 Å². The Kier molecular flexibility index (Phi) is 5.19. The topological polar surface area (TPSA) is 52.6 Å². The standard InChI is InChI=1S/C13H20O4/c1-4-16-12(14)10-7-6-9(3)8-11(10)13(15)17-5-2/h6-7,9-11H,4-5,8H2,1-3H3. The van der Waals surface area contributed by atoms with E-state index in [0.29, 0.717) is 19.6 Å². The van der Waals surface area contributed by atoms with Crippen LogP contribution >= 0.6 is 0 Å². The molecule has 0 spiro atoms. The van der Waals surface area contributed by atoms with E-state index < -0.39 is 11.8 Å². The maximum atomic E-state index is 11.8. The van der Waals surface area contributed by atoms with Crippen LogP contribution in [0.25, 0.3) is 0 Å². The summed E-state index contributed by atoms with van der Waals surface area (Å²) in [7, 11) is 0. The molecule has 0 aromatic carbocycles. The highest BCUT2D eigenvalue weighted by Crippen LogP contribution is 2.30. The summed E-state index contributed by atoms with van der Waals surface area (Å²) in [6.45, 7) is 6.20. The molecule has 1 aliphatic carbocycles. The predicted molar refractivity (Wildman–Crippen MR) is 63.2 cm³/mol. The zero-order valence-corrected chi connectivity index (χ0v) is 10.6. The lowest BCUT2D eigenvalue weighted by atomic mass is 9.79. The molecule has 4 heteroatoms. The first-order valence-electron chi connectivity index (χ1n) is 6.11. The second-order valence-electron chi connectivity index (χ2n) is 4.23. The molecule has 96 valence electrons. The molecule has 0 radical (unpaired) electrons. The van der Waals surface area contributed by atoms with E-state index in [1.165, 1.54) is 0 Å². The third kappa shape index (κ3) is 3.58. The minimum Gasteiger partial charge on any atom is -0.466 e.